The van der Waals surface area contributed by atoms with Crippen LogP contribution in [0.3, 0.4) is 0 Å². The maximum absolute atomic E-state index is 11.4. The predicted molar refractivity (Wildman–Crippen MR) is 65.2 cm³/mol. The summed E-state index contributed by atoms with van der Waals surface area (Å²) in [7, 11) is -2.86. The lowest BCUT2D eigenvalue weighted by Crippen LogP contribution is -2.47. The van der Waals surface area contributed by atoms with Crippen LogP contribution in [0.25, 0.3) is 0 Å². The van der Waals surface area contributed by atoms with Crippen molar-refractivity contribution in [2.75, 3.05) is 18.1 Å². The van der Waals surface area contributed by atoms with Crippen LogP contribution in [0.2, 0.25) is 0 Å². The Morgan fingerprint density at radius 2 is 2.19 bits per heavy atom. The minimum absolute atomic E-state index is 0.0158. The smallest absolute Gasteiger partial charge is 0.151 e. The van der Waals surface area contributed by atoms with E-state index in [1.54, 1.807) is 6.92 Å². The fraction of sp³-hybridized carbons (Fsp3) is 1.00. The summed E-state index contributed by atoms with van der Waals surface area (Å²) in [4.78, 5) is 0. The zero-order valence-electron chi connectivity index (χ0n) is 10.2. The molecule has 0 aliphatic carbocycles. The Morgan fingerprint density at radius 1 is 1.50 bits per heavy atom. The molecule has 1 aliphatic rings. The molecule has 16 heavy (non-hydrogen) atoms. The molecule has 4 nitrogen and oxygen atoms in total. The van der Waals surface area contributed by atoms with Crippen LogP contribution in [0, 0.1) is 0 Å². The highest BCUT2D eigenvalue weighted by Gasteiger charge is 2.27. The van der Waals surface area contributed by atoms with Gasteiger partial charge in [-0.3, -0.25) is 0 Å². The highest BCUT2D eigenvalue weighted by atomic mass is 32.2. The summed E-state index contributed by atoms with van der Waals surface area (Å²) >= 11 is 0. The minimum Gasteiger partial charge on any atom is -0.389 e. The molecule has 2 unspecified atom stereocenters. The van der Waals surface area contributed by atoms with Crippen molar-refractivity contribution < 1.29 is 13.5 Å². The molecule has 1 aliphatic heterocycles. The second-order valence-electron chi connectivity index (χ2n) is 5.08. The van der Waals surface area contributed by atoms with Gasteiger partial charge in [0.25, 0.3) is 0 Å². The lowest BCUT2D eigenvalue weighted by Gasteiger charge is -2.29. The van der Waals surface area contributed by atoms with E-state index in [2.05, 4.69) is 5.32 Å². The summed E-state index contributed by atoms with van der Waals surface area (Å²) < 4.78 is 22.8. The van der Waals surface area contributed by atoms with Gasteiger partial charge in [-0.05, 0) is 26.2 Å². The molecular weight excluding hydrogens is 226 g/mol. The molecule has 1 rings (SSSR count). The Balaban J connectivity index is 2.38. The standard InChI is InChI=1S/C11H23NO3S/c1-3-6-11(2,13)9-12-10-5-4-7-16(14,15)8-10/h10,12-13H,3-9H2,1-2H3. The van der Waals surface area contributed by atoms with Crippen molar-refractivity contribution in [3.8, 4) is 0 Å². The second kappa shape index (κ2) is 5.47. The van der Waals surface area contributed by atoms with Gasteiger partial charge in [0.15, 0.2) is 9.84 Å². The van der Waals surface area contributed by atoms with Gasteiger partial charge in [0.05, 0.1) is 17.1 Å². The number of aliphatic hydroxyl groups is 1. The van der Waals surface area contributed by atoms with Crippen molar-refractivity contribution in [2.24, 2.45) is 0 Å². The minimum atomic E-state index is -2.86. The quantitative estimate of drug-likeness (QED) is 0.753. The average molecular weight is 249 g/mol. The fourth-order valence-electron chi connectivity index (χ4n) is 2.18. The van der Waals surface area contributed by atoms with Gasteiger partial charge in [-0.1, -0.05) is 13.3 Å². The molecule has 0 radical (unpaired) electrons. The van der Waals surface area contributed by atoms with Crippen molar-refractivity contribution in [3.05, 3.63) is 0 Å². The highest BCUT2D eigenvalue weighted by Crippen LogP contribution is 2.15. The van der Waals surface area contributed by atoms with Crippen LogP contribution in [0.5, 0.6) is 0 Å². The van der Waals surface area contributed by atoms with Crippen molar-refractivity contribution in [1.82, 2.24) is 5.32 Å². The zero-order valence-corrected chi connectivity index (χ0v) is 11.0. The van der Waals surface area contributed by atoms with Crippen LogP contribution in [-0.2, 0) is 9.84 Å². The van der Waals surface area contributed by atoms with Crippen molar-refractivity contribution >= 4 is 9.84 Å². The third kappa shape index (κ3) is 4.80. The average Bonchev–Trinajstić information content (AvgIpc) is 2.13. The fourth-order valence-corrected chi connectivity index (χ4v) is 3.85. The van der Waals surface area contributed by atoms with Gasteiger partial charge in [0, 0.05) is 12.6 Å². The molecule has 2 atom stereocenters. The van der Waals surface area contributed by atoms with Crippen LogP contribution in [-0.4, -0.2) is 43.2 Å². The van der Waals surface area contributed by atoms with E-state index in [9.17, 15) is 13.5 Å². The molecule has 5 heteroatoms. The second-order valence-corrected chi connectivity index (χ2v) is 7.31. The summed E-state index contributed by atoms with van der Waals surface area (Å²) in [6.07, 6.45) is 3.29. The third-order valence-corrected chi connectivity index (χ3v) is 4.84. The van der Waals surface area contributed by atoms with Crippen LogP contribution in [0.4, 0.5) is 0 Å². The summed E-state index contributed by atoms with van der Waals surface area (Å²) in [6.45, 7) is 4.29. The maximum Gasteiger partial charge on any atom is 0.151 e. The first-order chi connectivity index (χ1) is 7.35. The van der Waals surface area contributed by atoms with E-state index in [1.807, 2.05) is 6.92 Å². The molecule has 1 saturated heterocycles. The lowest BCUT2D eigenvalue weighted by molar-refractivity contribution is 0.0474. The largest absolute Gasteiger partial charge is 0.389 e. The predicted octanol–water partition coefficient (Wildman–Crippen LogP) is 0.704. The third-order valence-electron chi connectivity index (χ3n) is 3.02. The van der Waals surface area contributed by atoms with E-state index in [0.29, 0.717) is 12.3 Å². The van der Waals surface area contributed by atoms with Gasteiger partial charge < -0.3 is 10.4 Å². The molecule has 0 amide bonds. The Hall–Kier alpha value is -0.130. The van der Waals surface area contributed by atoms with Gasteiger partial charge in [-0.2, -0.15) is 0 Å². The van der Waals surface area contributed by atoms with Gasteiger partial charge in [-0.25, -0.2) is 8.42 Å². The van der Waals surface area contributed by atoms with E-state index in [0.717, 1.165) is 25.7 Å². The molecular formula is C11H23NO3S. The Bertz CT molecular complexity index is 311. The molecule has 0 saturated carbocycles. The first kappa shape index (κ1) is 13.9. The highest BCUT2D eigenvalue weighted by molar-refractivity contribution is 7.91. The summed E-state index contributed by atoms with van der Waals surface area (Å²) in [6, 6.07) is 0.0158. The SMILES string of the molecule is CCCC(C)(O)CNC1CCCS(=O)(=O)C1. The summed E-state index contributed by atoms with van der Waals surface area (Å²) in [5, 5.41) is 13.1. The zero-order chi connectivity index (χ0) is 12.2. The van der Waals surface area contributed by atoms with Gasteiger partial charge in [0.2, 0.25) is 0 Å². The number of hydrogen-bond acceptors (Lipinski definition) is 4. The normalized spacial score (nSPS) is 28.6. The van der Waals surface area contributed by atoms with Crippen LogP contribution < -0.4 is 5.32 Å². The molecule has 0 bridgehead atoms. The molecule has 0 spiro atoms. The molecule has 1 fully saturated rings. The van der Waals surface area contributed by atoms with Gasteiger partial charge in [0.1, 0.15) is 0 Å². The van der Waals surface area contributed by atoms with E-state index in [4.69, 9.17) is 0 Å². The first-order valence-corrected chi connectivity index (χ1v) is 7.83. The first-order valence-electron chi connectivity index (χ1n) is 6.01. The van der Waals surface area contributed by atoms with E-state index < -0.39 is 15.4 Å². The number of sulfone groups is 1. The van der Waals surface area contributed by atoms with Crippen molar-refractivity contribution in [2.45, 2.75) is 51.2 Å². The Labute approximate surface area is 98.4 Å². The number of hydrogen-bond donors (Lipinski definition) is 2. The van der Waals surface area contributed by atoms with E-state index in [-0.39, 0.29) is 11.8 Å². The topological polar surface area (TPSA) is 66.4 Å². The molecule has 0 aromatic heterocycles. The molecule has 2 N–H and O–H groups in total. The van der Waals surface area contributed by atoms with Crippen LogP contribution in [0.1, 0.15) is 39.5 Å². The summed E-state index contributed by atoms with van der Waals surface area (Å²) in [5.41, 5.74) is -0.726. The van der Waals surface area contributed by atoms with E-state index in [1.165, 1.54) is 0 Å². The molecule has 1 heterocycles. The number of rotatable bonds is 5. The van der Waals surface area contributed by atoms with Crippen LogP contribution >= 0.6 is 0 Å². The Kier molecular flexibility index (Phi) is 4.76. The Morgan fingerprint density at radius 3 is 2.75 bits per heavy atom. The monoisotopic (exact) mass is 249 g/mol. The van der Waals surface area contributed by atoms with Crippen molar-refractivity contribution in [3.63, 3.8) is 0 Å². The molecule has 0 aromatic rings. The van der Waals surface area contributed by atoms with E-state index >= 15 is 0 Å². The van der Waals surface area contributed by atoms with Gasteiger partial charge in [-0.15, -0.1) is 0 Å². The molecule has 96 valence electrons. The number of nitrogens with one attached hydrogen (secondary N) is 1. The summed E-state index contributed by atoms with van der Waals surface area (Å²) in [5.74, 6) is 0.533. The maximum atomic E-state index is 11.4. The lowest BCUT2D eigenvalue weighted by atomic mass is 10.00. The van der Waals surface area contributed by atoms with Crippen LogP contribution in [0.15, 0.2) is 0 Å². The van der Waals surface area contributed by atoms with Crippen molar-refractivity contribution in [1.29, 1.82) is 0 Å². The molecule has 0 aromatic carbocycles. The van der Waals surface area contributed by atoms with Gasteiger partial charge >= 0.3 is 0 Å².